The van der Waals surface area contributed by atoms with Crippen molar-refractivity contribution in [1.29, 1.82) is 0 Å². The Kier molecular flexibility index (Phi) is 6.50. The summed E-state index contributed by atoms with van der Waals surface area (Å²) in [4.78, 5) is 12.5. The molecule has 0 saturated heterocycles. The summed E-state index contributed by atoms with van der Waals surface area (Å²) in [6.07, 6.45) is 0. The van der Waals surface area contributed by atoms with Crippen LogP contribution in [0.15, 0.2) is 29.4 Å². The first-order valence-electron chi connectivity index (χ1n) is 9.22. The van der Waals surface area contributed by atoms with Gasteiger partial charge in [0.25, 0.3) is 5.95 Å². The summed E-state index contributed by atoms with van der Waals surface area (Å²) in [5.41, 5.74) is 2.57. The molecule has 0 bridgehead atoms. The van der Waals surface area contributed by atoms with Gasteiger partial charge in [-0.1, -0.05) is 11.8 Å². The van der Waals surface area contributed by atoms with Crippen molar-refractivity contribution < 1.29 is 14.3 Å². The SMILES string of the molecule is COc1ccc(OC)c(C(C)NC(=O)CSc2nnc(-n3nc(C)cc3C)n2N)c1. The van der Waals surface area contributed by atoms with Gasteiger partial charge in [-0.2, -0.15) is 5.10 Å². The second kappa shape index (κ2) is 9.08. The van der Waals surface area contributed by atoms with E-state index >= 15 is 0 Å². The highest BCUT2D eigenvalue weighted by Gasteiger charge is 2.18. The van der Waals surface area contributed by atoms with Gasteiger partial charge in [0.15, 0.2) is 0 Å². The van der Waals surface area contributed by atoms with Gasteiger partial charge in [0, 0.05) is 11.3 Å². The highest BCUT2D eigenvalue weighted by molar-refractivity contribution is 7.99. The van der Waals surface area contributed by atoms with Crippen molar-refractivity contribution in [3.8, 4) is 17.4 Å². The third-order valence-corrected chi connectivity index (χ3v) is 5.40. The molecule has 2 aromatic heterocycles. The van der Waals surface area contributed by atoms with Gasteiger partial charge in [0.1, 0.15) is 11.5 Å². The Morgan fingerprint density at radius 2 is 2.00 bits per heavy atom. The first-order chi connectivity index (χ1) is 14.3. The smallest absolute Gasteiger partial charge is 0.271 e. The number of hydrogen-bond donors (Lipinski definition) is 2. The number of nitrogens with zero attached hydrogens (tertiary/aromatic N) is 5. The zero-order valence-corrected chi connectivity index (χ0v) is 18.4. The molecule has 10 nitrogen and oxygen atoms in total. The number of carbonyl (C=O) groups is 1. The molecule has 0 radical (unpaired) electrons. The number of aromatic nitrogens is 5. The van der Waals surface area contributed by atoms with Gasteiger partial charge in [0.2, 0.25) is 11.1 Å². The van der Waals surface area contributed by atoms with Gasteiger partial charge in [-0.25, -0.2) is 9.36 Å². The van der Waals surface area contributed by atoms with E-state index in [4.69, 9.17) is 15.3 Å². The van der Waals surface area contributed by atoms with Crippen LogP contribution in [-0.4, -0.2) is 50.5 Å². The minimum absolute atomic E-state index is 0.128. The molecule has 0 aliphatic heterocycles. The van der Waals surface area contributed by atoms with Crippen LogP contribution in [0, 0.1) is 13.8 Å². The van der Waals surface area contributed by atoms with Crippen LogP contribution >= 0.6 is 11.8 Å². The topological polar surface area (TPSA) is 122 Å². The van der Waals surface area contributed by atoms with Crippen LogP contribution in [0.25, 0.3) is 5.95 Å². The van der Waals surface area contributed by atoms with E-state index in [-0.39, 0.29) is 17.7 Å². The largest absolute Gasteiger partial charge is 0.497 e. The van der Waals surface area contributed by atoms with E-state index in [0.717, 1.165) is 17.0 Å². The van der Waals surface area contributed by atoms with Crippen LogP contribution in [0.3, 0.4) is 0 Å². The summed E-state index contributed by atoms with van der Waals surface area (Å²) in [6.45, 7) is 5.68. The first kappa shape index (κ1) is 21.5. The molecule has 0 saturated carbocycles. The molecule has 0 aliphatic rings. The number of rotatable bonds is 8. The van der Waals surface area contributed by atoms with Crippen molar-refractivity contribution in [1.82, 2.24) is 30.0 Å². The van der Waals surface area contributed by atoms with Gasteiger partial charge in [-0.15, -0.1) is 10.2 Å². The highest BCUT2D eigenvalue weighted by Crippen LogP contribution is 2.29. The van der Waals surface area contributed by atoms with E-state index in [1.165, 1.54) is 16.4 Å². The number of aryl methyl sites for hydroxylation is 2. The summed E-state index contributed by atoms with van der Waals surface area (Å²) in [6, 6.07) is 7.10. The molecule has 2 heterocycles. The Bertz CT molecular complexity index is 1050. The molecule has 0 fully saturated rings. The average Bonchev–Trinajstić information content (AvgIpc) is 3.26. The van der Waals surface area contributed by atoms with E-state index in [2.05, 4.69) is 20.6 Å². The summed E-state index contributed by atoms with van der Waals surface area (Å²) in [5, 5.41) is 15.9. The lowest BCUT2D eigenvalue weighted by molar-refractivity contribution is -0.119. The Morgan fingerprint density at radius 3 is 2.63 bits per heavy atom. The third-order valence-electron chi connectivity index (χ3n) is 4.46. The lowest BCUT2D eigenvalue weighted by Gasteiger charge is -2.18. The maximum absolute atomic E-state index is 12.5. The quantitative estimate of drug-likeness (QED) is 0.409. The van der Waals surface area contributed by atoms with Crippen LogP contribution in [0.1, 0.15) is 29.9 Å². The van der Waals surface area contributed by atoms with Gasteiger partial charge in [-0.05, 0) is 45.0 Å². The van der Waals surface area contributed by atoms with E-state index in [9.17, 15) is 4.79 Å². The molecule has 3 N–H and O–H groups in total. The number of methoxy groups -OCH3 is 2. The van der Waals surface area contributed by atoms with E-state index < -0.39 is 0 Å². The molecule has 1 aromatic carbocycles. The molecule has 3 rings (SSSR count). The second-order valence-corrected chi connectivity index (χ2v) is 7.62. The lowest BCUT2D eigenvalue weighted by atomic mass is 10.1. The van der Waals surface area contributed by atoms with Gasteiger partial charge in [0.05, 0.1) is 31.7 Å². The standard InChI is InChI=1S/C19H25N7O3S/c1-11-8-12(2)26(24-11)18-22-23-19(25(18)20)30-10-17(27)21-13(3)15-9-14(28-4)6-7-16(15)29-5/h6-9,13H,10,20H2,1-5H3,(H,21,27). The van der Waals surface area contributed by atoms with Crippen molar-refractivity contribution in [2.45, 2.75) is 32.0 Å². The Balaban J connectivity index is 1.65. The van der Waals surface area contributed by atoms with Gasteiger partial charge in [-0.3, -0.25) is 4.79 Å². The number of hydrogen-bond acceptors (Lipinski definition) is 8. The molecule has 0 aliphatic carbocycles. The number of benzene rings is 1. The molecule has 1 amide bonds. The predicted molar refractivity (Wildman–Crippen MR) is 114 cm³/mol. The lowest BCUT2D eigenvalue weighted by Crippen LogP contribution is -2.28. The van der Waals surface area contributed by atoms with Crippen LogP contribution in [0.4, 0.5) is 0 Å². The molecule has 11 heteroatoms. The summed E-state index contributed by atoms with van der Waals surface area (Å²) < 4.78 is 13.6. The number of nitrogen functional groups attached to an aromatic ring is 1. The monoisotopic (exact) mass is 431 g/mol. The fraction of sp³-hybridized carbons (Fsp3) is 0.368. The zero-order chi connectivity index (χ0) is 21.8. The minimum atomic E-state index is -0.274. The number of amides is 1. The summed E-state index contributed by atoms with van der Waals surface area (Å²) >= 11 is 1.19. The first-order valence-corrected chi connectivity index (χ1v) is 10.2. The average molecular weight is 432 g/mol. The molecule has 3 aromatic rings. The van der Waals surface area contributed by atoms with Crippen LogP contribution in [-0.2, 0) is 4.79 Å². The van der Waals surface area contributed by atoms with Crippen molar-refractivity contribution in [2.75, 3.05) is 25.8 Å². The maximum atomic E-state index is 12.5. The highest BCUT2D eigenvalue weighted by atomic mass is 32.2. The van der Waals surface area contributed by atoms with Gasteiger partial charge >= 0.3 is 0 Å². The fourth-order valence-corrected chi connectivity index (χ4v) is 3.68. The Morgan fingerprint density at radius 1 is 1.23 bits per heavy atom. The van der Waals surface area contributed by atoms with Crippen molar-refractivity contribution in [3.63, 3.8) is 0 Å². The van der Waals surface area contributed by atoms with E-state index in [1.807, 2.05) is 39.0 Å². The third kappa shape index (κ3) is 4.51. The van der Waals surface area contributed by atoms with Crippen molar-refractivity contribution in [2.24, 2.45) is 0 Å². The Labute approximate surface area is 178 Å². The number of ether oxygens (including phenoxy) is 2. The van der Waals surface area contributed by atoms with Crippen LogP contribution in [0.5, 0.6) is 11.5 Å². The molecular formula is C19H25N7O3S. The van der Waals surface area contributed by atoms with E-state index in [1.54, 1.807) is 25.0 Å². The Hall–Kier alpha value is -3.21. The predicted octanol–water partition coefficient (Wildman–Crippen LogP) is 1.78. The van der Waals surface area contributed by atoms with Crippen molar-refractivity contribution in [3.05, 3.63) is 41.2 Å². The van der Waals surface area contributed by atoms with E-state index in [0.29, 0.717) is 22.6 Å². The summed E-state index contributed by atoms with van der Waals surface area (Å²) in [5.74, 6) is 7.81. The molecule has 30 heavy (non-hydrogen) atoms. The number of thioether (sulfide) groups is 1. The second-order valence-electron chi connectivity index (χ2n) is 6.68. The van der Waals surface area contributed by atoms with Crippen LogP contribution < -0.4 is 20.6 Å². The normalized spacial score (nSPS) is 11.9. The molecule has 1 atom stereocenters. The van der Waals surface area contributed by atoms with Gasteiger partial charge < -0.3 is 20.6 Å². The molecule has 0 spiro atoms. The molecule has 1 unspecified atom stereocenters. The fourth-order valence-electron chi connectivity index (χ4n) is 3.01. The molecular weight excluding hydrogens is 406 g/mol. The summed E-state index contributed by atoms with van der Waals surface area (Å²) in [7, 11) is 3.18. The molecule has 160 valence electrons. The number of nitrogens with one attached hydrogen (secondary N) is 1. The van der Waals surface area contributed by atoms with Crippen molar-refractivity contribution >= 4 is 17.7 Å². The number of carbonyl (C=O) groups excluding carboxylic acids is 1. The minimum Gasteiger partial charge on any atom is -0.497 e. The van der Waals surface area contributed by atoms with Crippen LogP contribution in [0.2, 0.25) is 0 Å². The number of nitrogens with two attached hydrogens (primary N) is 1. The zero-order valence-electron chi connectivity index (χ0n) is 17.5. The maximum Gasteiger partial charge on any atom is 0.271 e.